The van der Waals surface area contributed by atoms with Crippen LogP contribution in [-0.2, 0) is 4.79 Å². The van der Waals surface area contributed by atoms with E-state index < -0.39 is 18.0 Å². The number of rotatable bonds is 3. The Morgan fingerprint density at radius 2 is 2.06 bits per heavy atom. The van der Waals surface area contributed by atoms with Gasteiger partial charge in [0.1, 0.15) is 6.04 Å². The van der Waals surface area contributed by atoms with Crippen molar-refractivity contribution in [2.45, 2.75) is 19.9 Å². The summed E-state index contributed by atoms with van der Waals surface area (Å²) >= 11 is 3.35. The lowest BCUT2D eigenvalue weighted by molar-refractivity contribution is -0.138. The van der Waals surface area contributed by atoms with E-state index in [1.54, 1.807) is 12.1 Å². The van der Waals surface area contributed by atoms with E-state index in [9.17, 15) is 9.59 Å². The number of hydrogen-bond acceptors (Lipinski definition) is 2. The molecule has 0 unspecified atom stereocenters. The fraction of sp³-hybridized carbons (Fsp3) is 0.273. The molecule has 0 spiro atoms. The zero-order valence-electron chi connectivity index (χ0n) is 9.45. The van der Waals surface area contributed by atoms with Crippen LogP contribution in [0.1, 0.15) is 12.5 Å². The Morgan fingerprint density at radius 3 is 2.59 bits per heavy atom. The molecular weight excluding hydrogens is 288 g/mol. The van der Waals surface area contributed by atoms with E-state index in [2.05, 4.69) is 26.6 Å². The van der Waals surface area contributed by atoms with Gasteiger partial charge in [-0.15, -0.1) is 0 Å². The number of urea groups is 1. The summed E-state index contributed by atoms with van der Waals surface area (Å²) in [5.74, 6) is -1.08. The second-order valence-electron chi connectivity index (χ2n) is 3.62. The lowest BCUT2D eigenvalue weighted by Crippen LogP contribution is -2.40. The van der Waals surface area contributed by atoms with Gasteiger partial charge in [-0.25, -0.2) is 4.79 Å². The molecule has 0 saturated carbocycles. The fourth-order valence-corrected chi connectivity index (χ4v) is 1.39. The first-order valence-electron chi connectivity index (χ1n) is 4.96. The summed E-state index contributed by atoms with van der Waals surface area (Å²) in [4.78, 5) is 22.0. The van der Waals surface area contributed by atoms with Gasteiger partial charge >= 0.3 is 12.0 Å². The Bertz CT molecular complexity index is 448. The highest BCUT2D eigenvalue weighted by molar-refractivity contribution is 9.10. The molecule has 17 heavy (non-hydrogen) atoms. The zero-order chi connectivity index (χ0) is 13.0. The monoisotopic (exact) mass is 300 g/mol. The molecule has 1 aromatic carbocycles. The van der Waals surface area contributed by atoms with Crippen molar-refractivity contribution in [3.63, 3.8) is 0 Å². The SMILES string of the molecule is Cc1cc(NC(=O)N[C@@H](C)C(=O)O)ccc1Br. The van der Waals surface area contributed by atoms with Crippen molar-refractivity contribution in [1.29, 1.82) is 0 Å². The number of benzene rings is 1. The van der Waals surface area contributed by atoms with Crippen LogP contribution in [0.15, 0.2) is 22.7 Å². The third kappa shape index (κ3) is 4.07. The first-order chi connectivity index (χ1) is 7.90. The third-order valence-corrected chi connectivity index (χ3v) is 3.02. The maximum absolute atomic E-state index is 11.4. The smallest absolute Gasteiger partial charge is 0.325 e. The molecule has 1 atom stereocenters. The normalized spacial score (nSPS) is 11.7. The van der Waals surface area contributed by atoms with Gasteiger partial charge in [-0.3, -0.25) is 4.79 Å². The van der Waals surface area contributed by atoms with Crippen molar-refractivity contribution < 1.29 is 14.7 Å². The fourth-order valence-electron chi connectivity index (χ4n) is 1.15. The Hall–Kier alpha value is -1.56. The van der Waals surface area contributed by atoms with Gasteiger partial charge in [0.15, 0.2) is 0 Å². The minimum Gasteiger partial charge on any atom is -0.480 e. The summed E-state index contributed by atoms with van der Waals surface area (Å²) in [5.41, 5.74) is 1.59. The van der Waals surface area contributed by atoms with Crippen LogP contribution < -0.4 is 10.6 Å². The molecule has 1 rings (SSSR count). The molecule has 0 fully saturated rings. The second kappa shape index (κ2) is 5.67. The lowest BCUT2D eigenvalue weighted by atomic mass is 10.2. The number of nitrogens with one attached hydrogen (secondary N) is 2. The molecule has 3 N–H and O–H groups in total. The van der Waals surface area contributed by atoms with E-state index in [-0.39, 0.29) is 0 Å². The number of aryl methyl sites for hydroxylation is 1. The van der Waals surface area contributed by atoms with Gasteiger partial charge in [-0.1, -0.05) is 15.9 Å². The lowest BCUT2D eigenvalue weighted by Gasteiger charge is -2.11. The van der Waals surface area contributed by atoms with Crippen LogP contribution in [-0.4, -0.2) is 23.1 Å². The van der Waals surface area contributed by atoms with Crippen LogP contribution in [0.5, 0.6) is 0 Å². The number of carboxylic acid groups (broad SMARTS) is 1. The standard InChI is InChI=1S/C11H13BrN2O3/c1-6-5-8(3-4-9(6)12)14-11(17)13-7(2)10(15)16/h3-5,7H,1-2H3,(H,15,16)(H2,13,14,17)/t7-/m0/s1. The highest BCUT2D eigenvalue weighted by atomic mass is 79.9. The number of carboxylic acids is 1. The number of amides is 2. The molecule has 0 saturated heterocycles. The number of hydrogen-bond donors (Lipinski definition) is 3. The topological polar surface area (TPSA) is 78.4 Å². The molecule has 92 valence electrons. The first-order valence-corrected chi connectivity index (χ1v) is 5.76. The average molecular weight is 301 g/mol. The molecule has 1 aromatic rings. The second-order valence-corrected chi connectivity index (χ2v) is 4.48. The van der Waals surface area contributed by atoms with Gasteiger partial charge in [0.2, 0.25) is 0 Å². The van der Waals surface area contributed by atoms with Crippen LogP contribution in [0.25, 0.3) is 0 Å². The number of carbonyl (C=O) groups is 2. The molecule has 0 aliphatic rings. The molecule has 5 nitrogen and oxygen atoms in total. The van der Waals surface area contributed by atoms with Crippen molar-refractivity contribution in [2.75, 3.05) is 5.32 Å². The zero-order valence-corrected chi connectivity index (χ0v) is 11.0. The van der Waals surface area contributed by atoms with Crippen LogP contribution in [0.2, 0.25) is 0 Å². The molecule has 0 aliphatic carbocycles. The van der Waals surface area contributed by atoms with Crippen molar-refractivity contribution in [2.24, 2.45) is 0 Å². The number of halogens is 1. The molecular formula is C11H13BrN2O3. The van der Waals surface area contributed by atoms with Gasteiger partial charge in [-0.05, 0) is 37.6 Å². The van der Waals surface area contributed by atoms with Crippen LogP contribution in [0.3, 0.4) is 0 Å². The molecule has 0 heterocycles. The van der Waals surface area contributed by atoms with Gasteiger partial charge in [0.25, 0.3) is 0 Å². The Morgan fingerprint density at radius 1 is 1.41 bits per heavy atom. The van der Waals surface area contributed by atoms with E-state index >= 15 is 0 Å². The summed E-state index contributed by atoms with van der Waals surface area (Å²) in [6.45, 7) is 3.29. The summed E-state index contributed by atoms with van der Waals surface area (Å²) in [6, 6.07) is 3.86. The van der Waals surface area contributed by atoms with Crippen molar-refractivity contribution in [3.05, 3.63) is 28.2 Å². The predicted molar refractivity (Wildman–Crippen MR) is 68.1 cm³/mol. The highest BCUT2D eigenvalue weighted by Gasteiger charge is 2.13. The van der Waals surface area contributed by atoms with Crippen molar-refractivity contribution in [1.82, 2.24) is 5.32 Å². The van der Waals surface area contributed by atoms with E-state index in [0.717, 1.165) is 10.0 Å². The minimum absolute atomic E-state index is 0.540. The largest absolute Gasteiger partial charge is 0.480 e. The Balaban J connectivity index is 2.62. The average Bonchev–Trinajstić information content (AvgIpc) is 2.23. The maximum Gasteiger partial charge on any atom is 0.325 e. The molecule has 0 aliphatic heterocycles. The molecule has 6 heteroatoms. The number of anilines is 1. The first kappa shape index (κ1) is 13.5. The highest BCUT2D eigenvalue weighted by Crippen LogP contribution is 2.19. The summed E-state index contributed by atoms with van der Waals surface area (Å²) < 4.78 is 0.947. The minimum atomic E-state index is -1.08. The molecule has 2 amide bonds. The maximum atomic E-state index is 11.4. The van der Waals surface area contributed by atoms with Crippen LogP contribution in [0.4, 0.5) is 10.5 Å². The molecule has 0 bridgehead atoms. The van der Waals surface area contributed by atoms with Crippen molar-refractivity contribution in [3.8, 4) is 0 Å². The van der Waals surface area contributed by atoms with Gasteiger partial charge in [0.05, 0.1) is 0 Å². The van der Waals surface area contributed by atoms with E-state index in [1.807, 2.05) is 13.0 Å². The van der Waals surface area contributed by atoms with Gasteiger partial charge < -0.3 is 15.7 Å². The van der Waals surface area contributed by atoms with E-state index in [0.29, 0.717) is 5.69 Å². The Labute approximate surface area is 107 Å². The summed E-state index contributed by atoms with van der Waals surface area (Å²) in [7, 11) is 0. The van der Waals surface area contributed by atoms with Crippen molar-refractivity contribution >= 4 is 33.6 Å². The molecule has 0 radical (unpaired) electrons. The summed E-state index contributed by atoms with van der Waals surface area (Å²) in [6.07, 6.45) is 0. The molecule has 0 aromatic heterocycles. The third-order valence-electron chi connectivity index (χ3n) is 2.13. The number of aliphatic carboxylic acids is 1. The van der Waals surface area contributed by atoms with E-state index in [4.69, 9.17) is 5.11 Å². The van der Waals surface area contributed by atoms with Crippen LogP contribution >= 0.6 is 15.9 Å². The van der Waals surface area contributed by atoms with E-state index in [1.165, 1.54) is 6.92 Å². The quantitative estimate of drug-likeness (QED) is 0.802. The van der Waals surface area contributed by atoms with Gasteiger partial charge in [0, 0.05) is 10.2 Å². The Kier molecular flexibility index (Phi) is 4.51. The van der Waals surface area contributed by atoms with Crippen LogP contribution in [0, 0.1) is 6.92 Å². The number of carbonyl (C=O) groups excluding carboxylic acids is 1. The predicted octanol–water partition coefficient (Wildman–Crippen LogP) is 2.35. The van der Waals surface area contributed by atoms with Gasteiger partial charge in [-0.2, -0.15) is 0 Å². The summed E-state index contributed by atoms with van der Waals surface area (Å²) in [5, 5.41) is 13.5.